The molecular formula is C23H23BrClN3O4. The molecule has 0 spiro atoms. The summed E-state index contributed by atoms with van der Waals surface area (Å²) < 4.78 is 21.0. The molecule has 0 amide bonds. The molecule has 5 rings (SSSR count). The van der Waals surface area contributed by atoms with Crippen LogP contribution in [-0.2, 0) is 14.2 Å². The molecule has 9 heteroatoms. The van der Waals surface area contributed by atoms with E-state index in [9.17, 15) is 5.11 Å². The molecule has 3 heterocycles. The summed E-state index contributed by atoms with van der Waals surface area (Å²) in [4.78, 5) is 4.59. The van der Waals surface area contributed by atoms with Crippen molar-refractivity contribution in [3.63, 3.8) is 0 Å². The summed E-state index contributed by atoms with van der Waals surface area (Å²) in [5, 5.41) is 16.3. The highest BCUT2D eigenvalue weighted by Crippen LogP contribution is 2.42. The molecule has 3 aromatic rings. The van der Waals surface area contributed by atoms with Crippen LogP contribution in [0.1, 0.15) is 36.5 Å². The van der Waals surface area contributed by atoms with Crippen LogP contribution in [0.5, 0.6) is 0 Å². The van der Waals surface area contributed by atoms with Crippen LogP contribution in [0.3, 0.4) is 0 Å². The standard InChI is InChI=1S/C23H23BrClN3O4/c1-12-19(29)21(22-26-13(2)27-28(22)17-10-15(25)8-9-16(17)24)31-18-11-30-23(32-20(12)18)14-6-4-3-5-7-14/h3-10,12,18-21,23,29H,11H2,1-2H3/t12?,18?,19?,20-,21-,23?/m1/s1. The van der Waals surface area contributed by atoms with Crippen LogP contribution in [0.4, 0.5) is 0 Å². The fourth-order valence-electron chi connectivity index (χ4n) is 4.30. The van der Waals surface area contributed by atoms with Gasteiger partial charge in [-0.2, -0.15) is 5.10 Å². The summed E-state index contributed by atoms with van der Waals surface area (Å²) in [5.74, 6) is 0.869. The van der Waals surface area contributed by atoms with Crippen molar-refractivity contribution in [2.45, 2.75) is 44.6 Å². The van der Waals surface area contributed by atoms with Gasteiger partial charge in [-0.3, -0.25) is 0 Å². The lowest BCUT2D eigenvalue weighted by molar-refractivity contribution is -0.319. The second kappa shape index (κ2) is 8.85. The zero-order valence-corrected chi connectivity index (χ0v) is 19.9. The predicted molar refractivity (Wildman–Crippen MR) is 122 cm³/mol. The van der Waals surface area contributed by atoms with Gasteiger partial charge in [0, 0.05) is 21.0 Å². The molecule has 0 saturated carbocycles. The van der Waals surface area contributed by atoms with Gasteiger partial charge in [0.05, 0.1) is 24.5 Å². The SMILES string of the molecule is Cc1nc([C@@H]2OC3COC(c4ccccc4)O[C@@H]3C(C)C2O)n(-c2cc(Cl)ccc2Br)n1. The Labute approximate surface area is 199 Å². The number of rotatable bonds is 3. The van der Waals surface area contributed by atoms with Crippen molar-refractivity contribution in [1.82, 2.24) is 14.8 Å². The van der Waals surface area contributed by atoms with Crippen LogP contribution >= 0.6 is 27.5 Å². The van der Waals surface area contributed by atoms with Crippen molar-refractivity contribution in [3.05, 3.63) is 75.2 Å². The molecule has 1 N–H and O–H groups in total. The van der Waals surface area contributed by atoms with Crippen LogP contribution in [0, 0.1) is 12.8 Å². The first kappa shape index (κ1) is 22.0. The van der Waals surface area contributed by atoms with E-state index in [1.54, 1.807) is 23.7 Å². The van der Waals surface area contributed by atoms with Gasteiger partial charge in [0.1, 0.15) is 18.0 Å². The molecule has 32 heavy (non-hydrogen) atoms. The number of ether oxygens (including phenoxy) is 3. The first-order valence-corrected chi connectivity index (χ1v) is 11.6. The van der Waals surface area contributed by atoms with Crippen LogP contribution in [0.25, 0.3) is 5.69 Å². The topological polar surface area (TPSA) is 78.6 Å². The van der Waals surface area contributed by atoms with Gasteiger partial charge in [0.2, 0.25) is 0 Å². The van der Waals surface area contributed by atoms with E-state index >= 15 is 0 Å². The van der Waals surface area contributed by atoms with E-state index in [4.69, 9.17) is 25.8 Å². The van der Waals surface area contributed by atoms with Gasteiger partial charge >= 0.3 is 0 Å². The largest absolute Gasteiger partial charge is 0.390 e. The van der Waals surface area contributed by atoms with Crippen molar-refractivity contribution in [3.8, 4) is 5.69 Å². The van der Waals surface area contributed by atoms with Gasteiger partial charge in [-0.25, -0.2) is 9.67 Å². The molecule has 4 unspecified atom stereocenters. The minimum absolute atomic E-state index is 0.206. The zero-order chi connectivity index (χ0) is 22.4. The fraction of sp³-hybridized carbons (Fsp3) is 0.391. The summed E-state index contributed by atoms with van der Waals surface area (Å²) in [5.41, 5.74) is 1.66. The lowest BCUT2D eigenvalue weighted by atomic mass is 9.86. The second-order valence-corrected chi connectivity index (χ2v) is 9.44. The Morgan fingerprint density at radius 1 is 1.16 bits per heavy atom. The summed E-state index contributed by atoms with van der Waals surface area (Å²) >= 11 is 9.78. The smallest absolute Gasteiger partial charge is 0.184 e. The molecule has 0 bridgehead atoms. The molecule has 2 saturated heterocycles. The van der Waals surface area contributed by atoms with Crippen molar-refractivity contribution in [1.29, 1.82) is 0 Å². The number of nitrogens with zero attached hydrogens (tertiary/aromatic N) is 3. The number of aryl methyl sites for hydroxylation is 1. The van der Waals surface area contributed by atoms with Crippen LogP contribution in [-0.4, -0.2) is 44.8 Å². The highest BCUT2D eigenvalue weighted by molar-refractivity contribution is 9.10. The van der Waals surface area contributed by atoms with Crippen molar-refractivity contribution in [2.24, 2.45) is 5.92 Å². The number of fused-ring (bicyclic) bond motifs is 1. The molecule has 0 radical (unpaired) electrons. The molecule has 0 aliphatic carbocycles. The summed E-state index contributed by atoms with van der Waals surface area (Å²) in [6.45, 7) is 4.12. The van der Waals surface area contributed by atoms with E-state index in [-0.39, 0.29) is 18.1 Å². The molecular weight excluding hydrogens is 498 g/mol. The van der Waals surface area contributed by atoms with Gasteiger partial charge in [-0.05, 0) is 41.1 Å². The zero-order valence-electron chi connectivity index (χ0n) is 17.6. The third-order valence-corrected chi connectivity index (χ3v) is 6.85. The van der Waals surface area contributed by atoms with E-state index in [0.29, 0.717) is 23.3 Å². The maximum Gasteiger partial charge on any atom is 0.184 e. The highest BCUT2D eigenvalue weighted by atomic mass is 79.9. The predicted octanol–water partition coefficient (Wildman–Crippen LogP) is 4.54. The Morgan fingerprint density at radius 2 is 1.94 bits per heavy atom. The second-order valence-electron chi connectivity index (χ2n) is 8.15. The monoisotopic (exact) mass is 519 g/mol. The molecule has 1 aromatic heterocycles. The van der Waals surface area contributed by atoms with Crippen LogP contribution < -0.4 is 0 Å². The average molecular weight is 521 g/mol. The maximum atomic E-state index is 11.2. The number of hydrogen-bond acceptors (Lipinski definition) is 6. The number of aromatic nitrogens is 3. The molecule has 2 aliphatic rings. The average Bonchev–Trinajstić information content (AvgIpc) is 3.19. The van der Waals surface area contributed by atoms with Crippen molar-refractivity contribution in [2.75, 3.05) is 6.61 Å². The van der Waals surface area contributed by atoms with Gasteiger partial charge < -0.3 is 19.3 Å². The third kappa shape index (κ3) is 4.00. The van der Waals surface area contributed by atoms with E-state index in [2.05, 4.69) is 26.0 Å². The van der Waals surface area contributed by atoms with E-state index in [1.165, 1.54) is 0 Å². The number of benzene rings is 2. The van der Waals surface area contributed by atoms with Crippen LogP contribution in [0.2, 0.25) is 5.02 Å². The minimum Gasteiger partial charge on any atom is -0.390 e. The van der Waals surface area contributed by atoms with Crippen LogP contribution in [0.15, 0.2) is 53.0 Å². The Balaban J connectivity index is 1.44. The van der Waals surface area contributed by atoms with E-state index in [1.807, 2.05) is 43.3 Å². The molecule has 7 nitrogen and oxygen atoms in total. The summed E-state index contributed by atoms with van der Waals surface area (Å²) in [7, 11) is 0. The first-order valence-electron chi connectivity index (χ1n) is 10.5. The summed E-state index contributed by atoms with van der Waals surface area (Å²) in [6.07, 6.45) is -2.67. The fourth-order valence-corrected chi connectivity index (χ4v) is 4.89. The Morgan fingerprint density at radius 3 is 2.72 bits per heavy atom. The number of halogens is 2. The summed E-state index contributed by atoms with van der Waals surface area (Å²) in [6, 6.07) is 15.2. The highest BCUT2D eigenvalue weighted by Gasteiger charge is 2.49. The quantitative estimate of drug-likeness (QED) is 0.546. The van der Waals surface area contributed by atoms with Crippen molar-refractivity contribution >= 4 is 27.5 Å². The van der Waals surface area contributed by atoms with Gasteiger partial charge in [-0.15, -0.1) is 0 Å². The third-order valence-electron chi connectivity index (χ3n) is 5.95. The van der Waals surface area contributed by atoms with E-state index < -0.39 is 18.5 Å². The molecule has 6 atom stereocenters. The van der Waals surface area contributed by atoms with Gasteiger partial charge in [0.25, 0.3) is 0 Å². The van der Waals surface area contributed by atoms with Gasteiger partial charge in [-0.1, -0.05) is 48.9 Å². The first-order chi connectivity index (χ1) is 15.4. The number of hydrogen-bond donors (Lipinski definition) is 1. The molecule has 2 aromatic carbocycles. The molecule has 2 fully saturated rings. The molecule has 168 valence electrons. The maximum absolute atomic E-state index is 11.2. The van der Waals surface area contributed by atoms with Crippen molar-refractivity contribution < 1.29 is 19.3 Å². The Hall–Kier alpha value is -1.81. The normalized spacial score (nSPS) is 30.2. The molecule has 2 aliphatic heterocycles. The van der Waals surface area contributed by atoms with E-state index in [0.717, 1.165) is 15.7 Å². The Kier molecular flexibility index (Phi) is 6.09. The number of aliphatic hydroxyl groups excluding tert-OH is 1. The van der Waals surface area contributed by atoms with Gasteiger partial charge in [0.15, 0.2) is 12.1 Å². The number of aliphatic hydroxyl groups is 1. The minimum atomic E-state index is -0.842. The lowest BCUT2D eigenvalue weighted by Crippen LogP contribution is -2.55. The Bertz CT molecular complexity index is 1110. The lowest BCUT2D eigenvalue weighted by Gasteiger charge is -2.47.